The number of anilines is 2. The van der Waals surface area contributed by atoms with E-state index in [4.69, 9.17) is 44.3 Å². The van der Waals surface area contributed by atoms with Gasteiger partial charge in [0.25, 0.3) is 17.7 Å². The van der Waals surface area contributed by atoms with Crippen LogP contribution in [0.4, 0.5) is 16.2 Å². The standard InChI is InChI=1S/C28H22Cl3N3O6/c1-3-39-23-11-16(9-20-26(36)33-28(38)34(27(20)37)19-6-4-5-17(29)12-19)10-22(31)25(23)40-14-24(35)32-18-8-7-15(2)21(30)13-18/h4-13H,3,14H2,1-2H3,(H,32,35)(H,33,36,38)/b20-9+. The summed E-state index contributed by atoms with van der Waals surface area (Å²) >= 11 is 18.6. The van der Waals surface area contributed by atoms with Gasteiger partial charge in [-0.2, -0.15) is 0 Å². The predicted octanol–water partition coefficient (Wildman–Crippen LogP) is 6.04. The van der Waals surface area contributed by atoms with Crippen LogP contribution in [0.1, 0.15) is 18.1 Å². The molecule has 0 aromatic heterocycles. The highest BCUT2D eigenvalue weighted by Crippen LogP contribution is 2.38. The van der Waals surface area contributed by atoms with Crippen molar-refractivity contribution in [2.45, 2.75) is 13.8 Å². The second-order valence-corrected chi connectivity index (χ2v) is 9.75. The van der Waals surface area contributed by atoms with Crippen LogP contribution >= 0.6 is 34.8 Å². The van der Waals surface area contributed by atoms with Gasteiger partial charge in [0.1, 0.15) is 5.57 Å². The molecule has 0 aliphatic carbocycles. The molecule has 0 radical (unpaired) electrons. The maximum atomic E-state index is 13.2. The van der Waals surface area contributed by atoms with Crippen LogP contribution in [0, 0.1) is 6.92 Å². The molecule has 2 N–H and O–H groups in total. The Morgan fingerprint density at radius 1 is 1.00 bits per heavy atom. The van der Waals surface area contributed by atoms with Gasteiger partial charge >= 0.3 is 6.03 Å². The Morgan fingerprint density at radius 2 is 1.77 bits per heavy atom. The van der Waals surface area contributed by atoms with Crippen molar-refractivity contribution < 1.29 is 28.7 Å². The van der Waals surface area contributed by atoms with Crippen LogP contribution in [-0.2, 0) is 14.4 Å². The number of nitrogens with zero attached hydrogens (tertiary/aromatic N) is 1. The molecule has 0 bridgehead atoms. The minimum absolute atomic E-state index is 0.0652. The number of halogens is 3. The number of ether oxygens (including phenoxy) is 2. The fourth-order valence-corrected chi connectivity index (χ4v) is 4.39. The zero-order valence-corrected chi connectivity index (χ0v) is 23.5. The first-order valence-electron chi connectivity index (χ1n) is 11.9. The number of aryl methyl sites for hydroxylation is 1. The summed E-state index contributed by atoms with van der Waals surface area (Å²) in [4.78, 5) is 51.5. The van der Waals surface area contributed by atoms with Gasteiger partial charge in [0.15, 0.2) is 18.1 Å². The first-order chi connectivity index (χ1) is 19.1. The fraction of sp³-hybridized carbons (Fsp3) is 0.143. The maximum Gasteiger partial charge on any atom is 0.335 e. The number of hydrogen-bond donors (Lipinski definition) is 2. The van der Waals surface area contributed by atoms with Crippen molar-refractivity contribution in [1.82, 2.24) is 5.32 Å². The molecule has 0 saturated carbocycles. The Hall–Kier alpha value is -4.05. The smallest absolute Gasteiger partial charge is 0.335 e. The molecule has 9 nitrogen and oxygen atoms in total. The van der Waals surface area contributed by atoms with E-state index in [1.807, 2.05) is 6.92 Å². The summed E-state index contributed by atoms with van der Waals surface area (Å²) < 4.78 is 11.3. The number of carbonyl (C=O) groups is 4. The molecule has 1 saturated heterocycles. The molecule has 40 heavy (non-hydrogen) atoms. The summed E-state index contributed by atoms with van der Waals surface area (Å²) in [5.41, 5.74) is 1.57. The molecule has 4 rings (SSSR count). The number of hydrogen-bond acceptors (Lipinski definition) is 6. The number of benzene rings is 3. The van der Waals surface area contributed by atoms with Gasteiger partial charge in [0.2, 0.25) is 0 Å². The van der Waals surface area contributed by atoms with Crippen LogP contribution in [-0.4, -0.2) is 37.0 Å². The van der Waals surface area contributed by atoms with Gasteiger partial charge in [0.05, 0.1) is 17.3 Å². The van der Waals surface area contributed by atoms with E-state index < -0.39 is 23.8 Å². The normalized spacial score (nSPS) is 14.3. The number of urea groups is 1. The number of nitrogens with one attached hydrogen (secondary N) is 2. The summed E-state index contributed by atoms with van der Waals surface area (Å²) in [5, 5.41) is 5.71. The molecule has 5 amide bonds. The average molecular weight is 603 g/mol. The van der Waals surface area contributed by atoms with Gasteiger partial charge in [-0.05, 0) is 73.5 Å². The first kappa shape index (κ1) is 28.9. The third-order valence-electron chi connectivity index (χ3n) is 5.61. The SMILES string of the molecule is CCOc1cc(/C=C2\C(=O)NC(=O)N(c3cccc(Cl)c3)C2=O)cc(Cl)c1OCC(=O)Nc1ccc(C)c(Cl)c1. The van der Waals surface area contributed by atoms with E-state index >= 15 is 0 Å². The van der Waals surface area contributed by atoms with Crippen molar-refractivity contribution in [3.05, 3.63) is 86.4 Å². The fourth-order valence-electron chi connectivity index (χ4n) is 3.75. The molecule has 206 valence electrons. The number of imide groups is 2. The minimum Gasteiger partial charge on any atom is -0.490 e. The largest absolute Gasteiger partial charge is 0.490 e. The molecular formula is C28H22Cl3N3O6. The highest BCUT2D eigenvalue weighted by atomic mass is 35.5. The number of amides is 5. The summed E-state index contributed by atoms with van der Waals surface area (Å²) in [6, 6.07) is 13.2. The molecule has 0 unspecified atom stereocenters. The van der Waals surface area contributed by atoms with Crippen molar-refractivity contribution in [1.29, 1.82) is 0 Å². The first-order valence-corrected chi connectivity index (χ1v) is 13.0. The second kappa shape index (κ2) is 12.4. The zero-order chi connectivity index (χ0) is 29.0. The lowest BCUT2D eigenvalue weighted by atomic mass is 10.1. The molecule has 12 heteroatoms. The van der Waals surface area contributed by atoms with Crippen LogP contribution in [0.2, 0.25) is 15.1 Å². The van der Waals surface area contributed by atoms with Crippen molar-refractivity contribution in [2.75, 3.05) is 23.4 Å². The van der Waals surface area contributed by atoms with Crippen molar-refractivity contribution in [3.63, 3.8) is 0 Å². The van der Waals surface area contributed by atoms with Crippen LogP contribution < -0.4 is 25.0 Å². The second-order valence-electron chi connectivity index (χ2n) is 8.50. The Balaban J connectivity index is 1.57. The molecule has 0 atom stereocenters. The van der Waals surface area contributed by atoms with Crippen LogP contribution in [0.3, 0.4) is 0 Å². The van der Waals surface area contributed by atoms with Gasteiger partial charge in [-0.3, -0.25) is 19.7 Å². The van der Waals surface area contributed by atoms with E-state index in [0.29, 0.717) is 21.3 Å². The number of rotatable bonds is 8. The summed E-state index contributed by atoms with van der Waals surface area (Å²) in [7, 11) is 0. The molecule has 0 spiro atoms. The van der Waals surface area contributed by atoms with Crippen molar-refractivity contribution in [3.8, 4) is 11.5 Å². The molecule has 1 aliphatic heterocycles. The Labute approximate surface area is 244 Å². The molecule has 1 fully saturated rings. The molecule has 1 aliphatic rings. The van der Waals surface area contributed by atoms with Crippen LogP contribution in [0.15, 0.2) is 60.2 Å². The van der Waals surface area contributed by atoms with E-state index in [1.165, 1.54) is 30.3 Å². The topological polar surface area (TPSA) is 114 Å². The lowest BCUT2D eigenvalue weighted by Crippen LogP contribution is -2.54. The molecule has 3 aromatic carbocycles. The quantitative estimate of drug-likeness (QED) is 0.240. The van der Waals surface area contributed by atoms with Gasteiger partial charge < -0.3 is 14.8 Å². The van der Waals surface area contributed by atoms with E-state index in [2.05, 4.69) is 10.6 Å². The third-order valence-corrected chi connectivity index (χ3v) is 6.54. The highest BCUT2D eigenvalue weighted by Gasteiger charge is 2.37. The highest BCUT2D eigenvalue weighted by molar-refractivity contribution is 6.39. The van der Waals surface area contributed by atoms with Gasteiger partial charge in [-0.1, -0.05) is 46.9 Å². The van der Waals surface area contributed by atoms with E-state index in [-0.39, 0.29) is 41.0 Å². The Morgan fingerprint density at radius 3 is 2.48 bits per heavy atom. The van der Waals surface area contributed by atoms with E-state index in [9.17, 15) is 19.2 Å². The van der Waals surface area contributed by atoms with Crippen molar-refractivity contribution >= 4 is 76.0 Å². The molecule has 1 heterocycles. The lowest BCUT2D eigenvalue weighted by Gasteiger charge is -2.26. The third kappa shape index (κ3) is 6.56. The summed E-state index contributed by atoms with van der Waals surface area (Å²) in [5.74, 6) is -1.91. The summed E-state index contributed by atoms with van der Waals surface area (Å²) in [6.07, 6.45) is 1.27. The predicted molar refractivity (Wildman–Crippen MR) is 153 cm³/mol. The average Bonchev–Trinajstić information content (AvgIpc) is 2.88. The molecular weight excluding hydrogens is 581 g/mol. The molecule has 3 aromatic rings. The summed E-state index contributed by atoms with van der Waals surface area (Å²) in [6.45, 7) is 3.43. The number of barbiturate groups is 1. The Kier molecular flexibility index (Phi) is 8.99. The Bertz CT molecular complexity index is 1560. The minimum atomic E-state index is -0.905. The van der Waals surface area contributed by atoms with E-state index in [0.717, 1.165) is 10.5 Å². The zero-order valence-electron chi connectivity index (χ0n) is 21.2. The van der Waals surface area contributed by atoms with Crippen LogP contribution in [0.5, 0.6) is 11.5 Å². The van der Waals surface area contributed by atoms with E-state index in [1.54, 1.807) is 37.3 Å². The van der Waals surface area contributed by atoms with Gasteiger partial charge in [0, 0.05) is 15.7 Å². The number of carbonyl (C=O) groups excluding carboxylic acids is 4. The lowest BCUT2D eigenvalue weighted by molar-refractivity contribution is -0.122. The monoisotopic (exact) mass is 601 g/mol. The van der Waals surface area contributed by atoms with Gasteiger partial charge in [-0.15, -0.1) is 0 Å². The maximum absolute atomic E-state index is 13.2. The van der Waals surface area contributed by atoms with Gasteiger partial charge in [-0.25, -0.2) is 9.69 Å². The van der Waals surface area contributed by atoms with Crippen LogP contribution in [0.25, 0.3) is 6.08 Å². The van der Waals surface area contributed by atoms with Crippen molar-refractivity contribution in [2.24, 2.45) is 0 Å².